The van der Waals surface area contributed by atoms with Gasteiger partial charge in [-0.05, 0) is 35.9 Å². The minimum Gasteiger partial charge on any atom is -0.382 e. The highest BCUT2D eigenvalue weighted by Crippen LogP contribution is 2.21. The second kappa shape index (κ2) is 8.42. The lowest BCUT2D eigenvalue weighted by Crippen LogP contribution is -2.27. The number of benzene rings is 2. The lowest BCUT2D eigenvalue weighted by molar-refractivity contribution is -0.114. The van der Waals surface area contributed by atoms with Crippen LogP contribution in [-0.4, -0.2) is 45.8 Å². The van der Waals surface area contributed by atoms with E-state index in [2.05, 4.69) is 20.4 Å². The van der Waals surface area contributed by atoms with Crippen molar-refractivity contribution < 1.29 is 9.90 Å². The van der Waals surface area contributed by atoms with Crippen LogP contribution < -0.4 is 10.9 Å². The third-order valence-corrected chi connectivity index (χ3v) is 4.25. The lowest BCUT2D eigenvalue weighted by atomic mass is 10.0. The van der Waals surface area contributed by atoms with Gasteiger partial charge in [0.15, 0.2) is 5.69 Å². The molecule has 0 spiro atoms. The van der Waals surface area contributed by atoms with Gasteiger partial charge in [0, 0.05) is 31.7 Å². The minimum atomic E-state index is -1.21. The van der Waals surface area contributed by atoms with Gasteiger partial charge >= 0.3 is 0 Å². The molecular weight excluding hydrogens is 394 g/mol. The van der Waals surface area contributed by atoms with Gasteiger partial charge in [0.1, 0.15) is 11.8 Å². The van der Waals surface area contributed by atoms with Crippen molar-refractivity contribution in [3.8, 4) is 0 Å². The van der Waals surface area contributed by atoms with Crippen molar-refractivity contribution in [1.29, 1.82) is 0 Å². The number of anilines is 1. The molecule has 0 aliphatic carbocycles. The van der Waals surface area contributed by atoms with Gasteiger partial charge in [-0.2, -0.15) is 5.10 Å². The number of aliphatic hydroxyl groups excluding tert-OH is 1. The molecule has 2 aromatic carbocycles. The number of aromatic amines is 1. The molecule has 1 atom stereocenters. The Morgan fingerprint density at radius 3 is 2.55 bits per heavy atom. The molecule has 1 aromatic heterocycles. The quantitative estimate of drug-likeness (QED) is 0.439. The summed E-state index contributed by atoms with van der Waals surface area (Å²) >= 11 is 5.97. The van der Waals surface area contributed by atoms with Gasteiger partial charge in [-0.1, -0.05) is 23.7 Å². The predicted molar refractivity (Wildman–Crippen MR) is 113 cm³/mol. The van der Waals surface area contributed by atoms with Crippen LogP contribution in [0.4, 0.5) is 5.69 Å². The Morgan fingerprint density at radius 2 is 1.93 bits per heavy atom. The Labute approximate surface area is 171 Å². The zero-order valence-corrected chi connectivity index (χ0v) is 16.9. The van der Waals surface area contributed by atoms with Gasteiger partial charge in [-0.15, -0.1) is 0 Å². The molecule has 0 saturated heterocycles. The fourth-order valence-electron chi connectivity index (χ4n) is 2.79. The van der Waals surface area contributed by atoms with E-state index >= 15 is 0 Å². The molecule has 3 aromatic rings. The summed E-state index contributed by atoms with van der Waals surface area (Å²) in [5, 5.41) is 19.9. The first-order valence-corrected chi connectivity index (χ1v) is 9.14. The maximum Gasteiger partial charge on any atom is 0.276 e. The summed E-state index contributed by atoms with van der Waals surface area (Å²) < 4.78 is 0. The molecular formula is C20H20ClN5O3. The number of halogens is 1. The van der Waals surface area contributed by atoms with E-state index in [0.717, 1.165) is 0 Å². The summed E-state index contributed by atoms with van der Waals surface area (Å²) in [6.07, 6.45) is -1.21. The number of fused-ring (bicyclic) bond motifs is 1. The molecule has 3 N–H and O–H groups in total. The van der Waals surface area contributed by atoms with Crippen molar-refractivity contribution in [2.75, 3.05) is 19.4 Å². The molecule has 0 radical (unpaired) electrons. The Morgan fingerprint density at radius 1 is 1.24 bits per heavy atom. The molecule has 0 bridgehead atoms. The molecule has 0 saturated carbocycles. The highest BCUT2D eigenvalue weighted by atomic mass is 35.5. The largest absolute Gasteiger partial charge is 0.382 e. The summed E-state index contributed by atoms with van der Waals surface area (Å²) in [5.74, 6) is -0.194. The third kappa shape index (κ3) is 4.79. The number of hydrogen-bond acceptors (Lipinski definition) is 6. The molecule has 0 aliphatic heterocycles. The maximum absolute atomic E-state index is 12.7. The Balaban J connectivity index is 2.06. The number of amides is 1. The minimum absolute atomic E-state index is 0.00644. The highest BCUT2D eigenvalue weighted by molar-refractivity contribution is 6.31. The van der Waals surface area contributed by atoms with Crippen LogP contribution >= 0.6 is 11.6 Å². The first-order chi connectivity index (χ1) is 13.7. The van der Waals surface area contributed by atoms with E-state index in [1.165, 1.54) is 11.9 Å². The van der Waals surface area contributed by atoms with E-state index in [-0.39, 0.29) is 17.3 Å². The second-order valence-electron chi connectivity index (χ2n) is 6.61. The molecule has 1 amide bonds. The van der Waals surface area contributed by atoms with E-state index < -0.39 is 11.7 Å². The number of hydrazone groups is 1. The topological polar surface area (TPSA) is 111 Å². The standard InChI is InChI=1S/C20H20ClN5O3/c1-11(27)22-14-7-4-12(5-8-14)19(28)17(25-26(2)3)18-20(29)24-16-10-13(21)6-9-15(16)23-18/h4-10,19,28H,1-3H3,(H,22,27)(H,24,29)/b25-17+/t19-/m0/s1. The number of carbonyl (C=O) groups is 1. The van der Waals surface area contributed by atoms with Crippen LogP contribution in [0.1, 0.15) is 24.3 Å². The maximum atomic E-state index is 12.7. The first-order valence-electron chi connectivity index (χ1n) is 8.76. The van der Waals surface area contributed by atoms with Gasteiger partial charge in [0.05, 0.1) is 11.0 Å². The molecule has 8 nitrogen and oxygen atoms in total. The molecule has 0 fully saturated rings. The van der Waals surface area contributed by atoms with Crippen molar-refractivity contribution in [3.05, 3.63) is 69.1 Å². The summed E-state index contributed by atoms with van der Waals surface area (Å²) in [5.41, 5.74) is 1.71. The van der Waals surface area contributed by atoms with Crippen molar-refractivity contribution >= 4 is 39.9 Å². The van der Waals surface area contributed by atoms with Gasteiger partial charge < -0.3 is 20.4 Å². The van der Waals surface area contributed by atoms with Crippen molar-refractivity contribution in [2.24, 2.45) is 5.10 Å². The van der Waals surface area contributed by atoms with Crippen molar-refractivity contribution in [1.82, 2.24) is 15.0 Å². The van der Waals surface area contributed by atoms with Crippen LogP contribution in [0.15, 0.2) is 52.4 Å². The fourth-order valence-corrected chi connectivity index (χ4v) is 2.96. The molecule has 0 unspecified atom stereocenters. The van der Waals surface area contributed by atoms with Crippen LogP contribution in [0.2, 0.25) is 5.02 Å². The van der Waals surface area contributed by atoms with E-state index in [9.17, 15) is 14.7 Å². The van der Waals surface area contributed by atoms with Crippen LogP contribution in [0.25, 0.3) is 11.0 Å². The number of aliphatic hydroxyl groups is 1. The van der Waals surface area contributed by atoms with Crippen LogP contribution in [0.5, 0.6) is 0 Å². The molecule has 0 aliphatic rings. The normalized spacial score (nSPS) is 12.7. The van der Waals surface area contributed by atoms with Gasteiger partial charge in [0.2, 0.25) is 5.91 Å². The summed E-state index contributed by atoms with van der Waals surface area (Å²) in [4.78, 5) is 31.0. The zero-order chi connectivity index (χ0) is 21.1. The SMILES string of the molecule is CC(=O)Nc1ccc([C@H](O)/C(=N/N(C)C)c2nc3ccc(Cl)cc3[nH]c2=O)cc1. The van der Waals surface area contributed by atoms with E-state index in [1.54, 1.807) is 56.6 Å². The molecule has 9 heteroatoms. The average molecular weight is 414 g/mol. The Hall–Kier alpha value is -3.23. The second-order valence-corrected chi connectivity index (χ2v) is 7.05. The Bertz CT molecular complexity index is 1140. The third-order valence-electron chi connectivity index (χ3n) is 4.01. The van der Waals surface area contributed by atoms with Crippen LogP contribution in [-0.2, 0) is 4.79 Å². The fraction of sp³-hybridized carbons (Fsp3) is 0.200. The number of nitrogens with zero attached hydrogens (tertiary/aromatic N) is 3. The molecule has 29 heavy (non-hydrogen) atoms. The van der Waals surface area contributed by atoms with E-state index in [0.29, 0.717) is 27.3 Å². The highest BCUT2D eigenvalue weighted by Gasteiger charge is 2.23. The van der Waals surface area contributed by atoms with Gasteiger partial charge in [0.25, 0.3) is 5.56 Å². The zero-order valence-electron chi connectivity index (χ0n) is 16.1. The molecule has 3 rings (SSSR count). The van der Waals surface area contributed by atoms with Crippen molar-refractivity contribution in [2.45, 2.75) is 13.0 Å². The first kappa shape index (κ1) is 20.5. The lowest BCUT2D eigenvalue weighted by Gasteiger charge is -2.17. The van der Waals surface area contributed by atoms with Gasteiger partial charge in [-0.25, -0.2) is 4.98 Å². The smallest absolute Gasteiger partial charge is 0.276 e. The monoisotopic (exact) mass is 413 g/mol. The number of nitrogens with one attached hydrogen (secondary N) is 2. The number of aromatic nitrogens is 2. The van der Waals surface area contributed by atoms with Crippen LogP contribution in [0.3, 0.4) is 0 Å². The Kier molecular flexibility index (Phi) is 5.95. The summed E-state index contributed by atoms with van der Waals surface area (Å²) in [6.45, 7) is 1.41. The predicted octanol–water partition coefficient (Wildman–Crippen LogP) is 2.53. The van der Waals surface area contributed by atoms with Gasteiger partial charge in [-0.3, -0.25) is 9.59 Å². The average Bonchev–Trinajstić information content (AvgIpc) is 2.65. The summed E-state index contributed by atoms with van der Waals surface area (Å²) in [7, 11) is 3.36. The number of H-pyrrole nitrogens is 1. The van der Waals surface area contributed by atoms with E-state index in [1.807, 2.05) is 0 Å². The number of rotatable bonds is 5. The summed E-state index contributed by atoms with van der Waals surface area (Å²) in [6, 6.07) is 11.6. The number of hydrogen-bond donors (Lipinski definition) is 3. The number of carbonyl (C=O) groups excluding carboxylic acids is 1. The van der Waals surface area contributed by atoms with Crippen LogP contribution in [0, 0.1) is 0 Å². The van der Waals surface area contributed by atoms with Crippen molar-refractivity contribution in [3.63, 3.8) is 0 Å². The molecule has 150 valence electrons. The van der Waals surface area contributed by atoms with E-state index in [4.69, 9.17) is 11.6 Å². The molecule has 1 heterocycles.